The number of ether oxygens (including phenoxy) is 1. The van der Waals surface area contributed by atoms with Crippen LogP contribution < -0.4 is 15.8 Å². The van der Waals surface area contributed by atoms with Gasteiger partial charge in [-0.2, -0.15) is 0 Å². The average molecular weight is 461 g/mol. The molecule has 130 valence electrons. The summed E-state index contributed by atoms with van der Waals surface area (Å²) in [6.45, 7) is 1.28. The summed E-state index contributed by atoms with van der Waals surface area (Å²) in [5, 5.41) is 3.78. The van der Waals surface area contributed by atoms with E-state index in [1.807, 2.05) is 30.3 Å². The number of nitrogens with one attached hydrogen (secondary N) is 1. The van der Waals surface area contributed by atoms with Gasteiger partial charge in [-0.3, -0.25) is 9.98 Å². The summed E-state index contributed by atoms with van der Waals surface area (Å²) in [4.78, 5) is 8.54. The minimum Gasteiger partial charge on any atom is -0.497 e. The molecule has 1 heterocycles. The number of hydrogen-bond donors (Lipinski definition) is 2. The lowest BCUT2D eigenvalue weighted by atomic mass is 10.1. The zero-order valence-corrected chi connectivity index (χ0v) is 16.6. The molecule has 5 nitrogen and oxygen atoms in total. The summed E-state index contributed by atoms with van der Waals surface area (Å²) in [6, 6.07) is 11.5. The van der Waals surface area contributed by atoms with Crippen molar-refractivity contribution >= 4 is 41.5 Å². The third-order valence-electron chi connectivity index (χ3n) is 3.34. The monoisotopic (exact) mass is 460 g/mol. The fourth-order valence-electron chi connectivity index (χ4n) is 2.08. The first-order valence-corrected chi connectivity index (χ1v) is 7.83. The number of halogens is 2. The van der Waals surface area contributed by atoms with Gasteiger partial charge in [-0.25, -0.2) is 0 Å². The lowest BCUT2D eigenvalue weighted by Crippen LogP contribution is -2.33. The SMILES string of the molecule is COc1ccc(CCNC(N)=NCCc2ccccn2)c(Cl)c1.I. The van der Waals surface area contributed by atoms with Crippen LogP contribution in [0.4, 0.5) is 0 Å². The average Bonchev–Trinajstić information content (AvgIpc) is 2.57. The number of hydrogen-bond acceptors (Lipinski definition) is 3. The Morgan fingerprint density at radius 1 is 1.29 bits per heavy atom. The maximum Gasteiger partial charge on any atom is 0.188 e. The van der Waals surface area contributed by atoms with Crippen LogP contribution in [-0.2, 0) is 12.8 Å². The predicted molar refractivity (Wildman–Crippen MR) is 110 cm³/mol. The number of guanidine groups is 1. The Morgan fingerprint density at radius 3 is 2.79 bits per heavy atom. The van der Waals surface area contributed by atoms with E-state index in [-0.39, 0.29) is 24.0 Å². The molecule has 1 aromatic heterocycles. The molecule has 0 spiro atoms. The maximum atomic E-state index is 6.20. The van der Waals surface area contributed by atoms with Crippen molar-refractivity contribution in [1.82, 2.24) is 10.3 Å². The Hall–Kier alpha value is -1.54. The van der Waals surface area contributed by atoms with Crippen molar-refractivity contribution in [1.29, 1.82) is 0 Å². The summed E-state index contributed by atoms with van der Waals surface area (Å²) in [7, 11) is 1.62. The van der Waals surface area contributed by atoms with Gasteiger partial charge in [-0.1, -0.05) is 23.7 Å². The normalized spacial score (nSPS) is 10.8. The minimum absolute atomic E-state index is 0. The first-order chi connectivity index (χ1) is 11.2. The maximum absolute atomic E-state index is 6.20. The van der Waals surface area contributed by atoms with Gasteiger partial charge in [0.05, 0.1) is 7.11 Å². The Bertz CT molecular complexity index is 652. The lowest BCUT2D eigenvalue weighted by molar-refractivity contribution is 0.414. The molecule has 0 unspecified atom stereocenters. The molecule has 0 saturated carbocycles. The molecule has 3 N–H and O–H groups in total. The first kappa shape index (κ1) is 20.5. The number of nitrogens with two attached hydrogens (primary N) is 1. The van der Waals surface area contributed by atoms with Gasteiger partial charge in [-0.15, -0.1) is 24.0 Å². The molecule has 0 aliphatic carbocycles. The number of rotatable bonds is 7. The smallest absolute Gasteiger partial charge is 0.188 e. The number of aliphatic imine (C=N–C) groups is 1. The standard InChI is InChI=1S/C17H21ClN4O.HI/c1-23-15-6-5-13(16(18)12-15)7-10-21-17(19)22-11-8-14-4-2-3-9-20-14;/h2-6,9,12H,7-8,10-11H2,1H3,(H3,19,21,22);1H. The molecule has 1 aromatic carbocycles. The van der Waals surface area contributed by atoms with Crippen LogP contribution in [0.2, 0.25) is 5.02 Å². The molecule has 24 heavy (non-hydrogen) atoms. The molecule has 0 aliphatic heterocycles. The predicted octanol–water partition coefficient (Wildman–Crippen LogP) is 3.05. The molecule has 0 bridgehead atoms. The first-order valence-electron chi connectivity index (χ1n) is 7.45. The molecule has 0 fully saturated rings. The highest BCUT2D eigenvalue weighted by molar-refractivity contribution is 14.0. The summed E-state index contributed by atoms with van der Waals surface area (Å²) < 4.78 is 5.13. The van der Waals surface area contributed by atoms with Crippen molar-refractivity contribution in [3.05, 3.63) is 58.9 Å². The summed E-state index contributed by atoms with van der Waals surface area (Å²) in [5.74, 6) is 1.19. The van der Waals surface area contributed by atoms with Gasteiger partial charge < -0.3 is 15.8 Å². The number of aromatic nitrogens is 1. The molecule has 2 aromatic rings. The molecule has 0 amide bonds. The molecule has 0 radical (unpaired) electrons. The van der Waals surface area contributed by atoms with Crippen LogP contribution in [0.25, 0.3) is 0 Å². The van der Waals surface area contributed by atoms with E-state index in [1.165, 1.54) is 0 Å². The largest absolute Gasteiger partial charge is 0.497 e. The Kier molecular flexibility index (Phi) is 9.48. The fourth-order valence-corrected chi connectivity index (χ4v) is 2.34. The molecule has 2 rings (SSSR count). The van der Waals surface area contributed by atoms with Crippen LogP contribution in [0, 0.1) is 0 Å². The van der Waals surface area contributed by atoms with E-state index in [0.29, 0.717) is 24.1 Å². The van der Waals surface area contributed by atoms with Crippen molar-refractivity contribution in [3.8, 4) is 5.75 Å². The van der Waals surface area contributed by atoms with E-state index in [4.69, 9.17) is 22.1 Å². The highest BCUT2D eigenvalue weighted by atomic mass is 127. The van der Waals surface area contributed by atoms with Gasteiger partial charge in [0.1, 0.15) is 5.75 Å². The Morgan fingerprint density at radius 2 is 2.12 bits per heavy atom. The van der Waals surface area contributed by atoms with Gasteiger partial charge in [0.15, 0.2) is 5.96 Å². The zero-order chi connectivity index (χ0) is 16.5. The molecule has 0 saturated heterocycles. The summed E-state index contributed by atoms with van der Waals surface area (Å²) in [6.07, 6.45) is 3.31. The van der Waals surface area contributed by atoms with Gasteiger partial charge >= 0.3 is 0 Å². The molecule has 0 aliphatic rings. The van der Waals surface area contributed by atoms with Crippen LogP contribution >= 0.6 is 35.6 Å². The highest BCUT2D eigenvalue weighted by Crippen LogP contribution is 2.22. The highest BCUT2D eigenvalue weighted by Gasteiger charge is 2.02. The fraction of sp³-hybridized carbons (Fsp3) is 0.294. The van der Waals surface area contributed by atoms with Crippen molar-refractivity contribution in [3.63, 3.8) is 0 Å². The van der Waals surface area contributed by atoms with Crippen LogP contribution in [0.5, 0.6) is 5.75 Å². The second-order valence-corrected chi connectivity index (χ2v) is 5.38. The van der Waals surface area contributed by atoms with Gasteiger partial charge in [-0.05, 0) is 36.2 Å². The van der Waals surface area contributed by atoms with Crippen molar-refractivity contribution in [2.45, 2.75) is 12.8 Å². The van der Waals surface area contributed by atoms with Gasteiger partial charge in [0.25, 0.3) is 0 Å². The van der Waals surface area contributed by atoms with E-state index in [2.05, 4.69) is 15.3 Å². The van der Waals surface area contributed by atoms with E-state index < -0.39 is 0 Å². The van der Waals surface area contributed by atoms with Gasteiger partial charge in [0.2, 0.25) is 0 Å². The molecular weight excluding hydrogens is 439 g/mol. The summed E-state index contributed by atoms with van der Waals surface area (Å²) >= 11 is 6.20. The molecule has 0 atom stereocenters. The Labute approximate surface area is 164 Å². The van der Waals surface area contributed by atoms with E-state index in [9.17, 15) is 0 Å². The van der Waals surface area contributed by atoms with E-state index >= 15 is 0 Å². The van der Waals surface area contributed by atoms with Gasteiger partial charge in [0, 0.05) is 36.4 Å². The third kappa shape index (κ3) is 6.92. The van der Waals surface area contributed by atoms with E-state index in [1.54, 1.807) is 19.4 Å². The topological polar surface area (TPSA) is 72.5 Å². The van der Waals surface area contributed by atoms with Crippen molar-refractivity contribution < 1.29 is 4.74 Å². The van der Waals surface area contributed by atoms with Crippen molar-refractivity contribution in [2.24, 2.45) is 10.7 Å². The number of methoxy groups -OCH3 is 1. The number of nitrogens with zero attached hydrogens (tertiary/aromatic N) is 2. The Balaban J connectivity index is 0.00000288. The summed E-state index contributed by atoms with van der Waals surface area (Å²) in [5.41, 5.74) is 7.90. The van der Waals surface area contributed by atoms with Crippen LogP contribution in [0.1, 0.15) is 11.3 Å². The van der Waals surface area contributed by atoms with E-state index in [0.717, 1.165) is 29.8 Å². The second kappa shape index (κ2) is 11.1. The van der Waals surface area contributed by atoms with Crippen molar-refractivity contribution in [2.75, 3.05) is 20.2 Å². The quantitative estimate of drug-likeness (QED) is 0.378. The van der Waals surface area contributed by atoms with Crippen LogP contribution in [-0.4, -0.2) is 31.1 Å². The number of pyridine rings is 1. The third-order valence-corrected chi connectivity index (χ3v) is 3.69. The zero-order valence-electron chi connectivity index (χ0n) is 13.5. The second-order valence-electron chi connectivity index (χ2n) is 4.97. The molecule has 7 heteroatoms. The molecular formula is C17H22ClIN4O. The minimum atomic E-state index is 0. The van der Waals surface area contributed by atoms with Crippen LogP contribution in [0.3, 0.4) is 0 Å². The lowest BCUT2D eigenvalue weighted by Gasteiger charge is -2.08. The number of benzene rings is 1. The van der Waals surface area contributed by atoms with Crippen LogP contribution in [0.15, 0.2) is 47.6 Å².